The maximum atomic E-state index is 13.4. The molecule has 136 valence electrons. The van der Waals surface area contributed by atoms with Crippen LogP contribution in [0.2, 0.25) is 0 Å². The second kappa shape index (κ2) is 6.39. The van der Waals surface area contributed by atoms with Crippen molar-refractivity contribution in [2.45, 2.75) is 44.4 Å². The van der Waals surface area contributed by atoms with Crippen LogP contribution in [0.25, 0.3) is 0 Å². The molecule has 2 aromatic rings. The number of fused-ring (bicyclic) bond motifs is 1. The Bertz CT molecular complexity index is 773. The van der Waals surface area contributed by atoms with Crippen LogP contribution in [0.1, 0.15) is 30.4 Å². The topological polar surface area (TPSA) is 41.6 Å². The van der Waals surface area contributed by atoms with Gasteiger partial charge in [0, 0.05) is 19.0 Å². The second-order valence-corrected chi connectivity index (χ2v) is 8.63. The molecule has 1 aromatic heterocycles. The largest absolute Gasteiger partial charge is 0.480 e. The molecule has 5 heteroatoms. The maximum Gasteiger partial charge on any atom is 0.264 e. The highest BCUT2D eigenvalue weighted by Gasteiger charge is 2.58. The van der Waals surface area contributed by atoms with E-state index >= 15 is 0 Å². The van der Waals surface area contributed by atoms with Crippen LogP contribution in [0.3, 0.4) is 0 Å². The van der Waals surface area contributed by atoms with Crippen molar-refractivity contribution in [2.75, 3.05) is 13.1 Å². The van der Waals surface area contributed by atoms with Gasteiger partial charge in [0.25, 0.3) is 5.91 Å². The van der Waals surface area contributed by atoms with Crippen LogP contribution in [0.4, 0.5) is 0 Å². The zero-order valence-electron chi connectivity index (χ0n) is 14.8. The van der Waals surface area contributed by atoms with E-state index in [0.717, 1.165) is 30.8 Å². The number of hydrogen-bond acceptors (Lipinski definition) is 4. The zero-order valence-corrected chi connectivity index (χ0v) is 15.6. The van der Waals surface area contributed by atoms with E-state index in [4.69, 9.17) is 4.74 Å². The molecule has 2 fully saturated rings. The highest BCUT2D eigenvalue weighted by Crippen LogP contribution is 2.56. The number of nitrogens with one attached hydrogen (secondary N) is 1. The van der Waals surface area contributed by atoms with E-state index in [9.17, 15) is 4.79 Å². The average Bonchev–Trinajstić information content (AvgIpc) is 3.08. The summed E-state index contributed by atoms with van der Waals surface area (Å²) in [6, 6.07) is 10.5. The molecule has 5 rings (SSSR count). The summed E-state index contributed by atoms with van der Waals surface area (Å²) >= 11 is 1.70. The number of para-hydroxylation sites is 1. The van der Waals surface area contributed by atoms with Gasteiger partial charge in [-0.15, -0.1) is 0 Å². The van der Waals surface area contributed by atoms with Crippen LogP contribution >= 0.6 is 11.3 Å². The van der Waals surface area contributed by atoms with Gasteiger partial charge in [0.2, 0.25) is 0 Å². The molecule has 1 saturated carbocycles. The minimum Gasteiger partial charge on any atom is -0.480 e. The van der Waals surface area contributed by atoms with Crippen LogP contribution < -0.4 is 10.1 Å². The first kappa shape index (κ1) is 16.3. The van der Waals surface area contributed by atoms with E-state index in [1.54, 1.807) is 11.3 Å². The van der Waals surface area contributed by atoms with Crippen molar-refractivity contribution < 1.29 is 9.53 Å². The summed E-state index contributed by atoms with van der Waals surface area (Å²) in [7, 11) is 0. The van der Waals surface area contributed by atoms with Gasteiger partial charge in [0.1, 0.15) is 5.75 Å². The van der Waals surface area contributed by atoms with E-state index in [-0.39, 0.29) is 12.0 Å². The molecule has 0 radical (unpaired) electrons. The molecule has 26 heavy (non-hydrogen) atoms. The Balaban J connectivity index is 1.37. The lowest BCUT2D eigenvalue weighted by molar-refractivity contribution is -0.140. The first-order valence-electron chi connectivity index (χ1n) is 9.52. The van der Waals surface area contributed by atoms with Crippen molar-refractivity contribution in [3.05, 3.63) is 52.2 Å². The summed E-state index contributed by atoms with van der Waals surface area (Å²) in [5.74, 6) is 1.03. The second-order valence-electron chi connectivity index (χ2n) is 7.85. The summed E-state index contributed by atoms with van der Waals surface area (Å²) in [5.41, 5.74) is 2.71. The van der Waals surface area contributed by atoms with Gasteiger partial charge in [0.05, 0.1) is 0 Å². The van der Waals surface area contributed by atoms with Crippen molar-refractivity contribution in [1.29, 1.82) is 0 Å². The molecule has 2 atom stereocenters. The Hall–Kier alpha value is -1.85. The highest BCUT2D eigenvalue weighted by molar-refractivity contribution is 7.07. The molecule has 1 amide bonds. The van der Waals surface area contributed by atoms with Gasteiger partial charge in [0.15, 0.2) is 6.10 Å². The fourth-order valence-electron chi connectivity index (χ4n) is 4.65. The Morgan fingerprint density at radius 1 is 1.27 bits per heavy atom. The van der Waals surface area contributed by atoms with Crippen molar-refractivity contribution in [3.63, 3.8) is 0 Å². The number of ether oxygens (including phenoxy) is 1. The third-order valence-corrected chi connectivity index (χ3v) is 6.99. The molecule has 1 aliphatic carbocycles. The van der Waals surface area contributed by atoms with Crippen molar-refractivity contribution in [3.8, 4) is 5.75 Å². The molecule has 1 N–H and O–H groups in total. The monoisotopic (exact) mass is 368 g/mol. The molecular weight excluding hydrogens is 344 g/mol. The Morgan fingerprint density at radius 3 is 2.88 bits per heavy atom. The number of amides is 1. The summed E-state index contributed by atoms with van der Waals surface area (Å²) in [5, 5.41) is 7.70. The zero-order chi connectivity index (χ0) is 17.6. The number of nitrogens with zero attached hydrogens (tertiary/aromatic N) is 1. The number of benzene rings is 1. The summed E-state index contributed by atoms with van der Waals surface area (Å²) in [6.45, 7) is 2.85. The Kier molecular flexibility index (Phi) is 4.02. The lowest BCUT2D eigenvalue weighted by Gasteiger charge is -2.31. The minimum absolute atomic E-state index is 0.160. The molecule has 0 bridgehead atoms. The smallest absolute Gasteiger partial charge is 0.264 e. The molecule has 2 aliphatic heterocycles. The number of hydrogen-bond donors (Lipinski definition) is 1. The summed E-state index contributed by atoms with van der Waals surface area (Å²) in [4.78, 5) is 15.6. The molecule has 3 aliphatic rings. The number of carbonyl (C=O) groups is 1. The van der Waals surface area contributed by atoms with Gasteiger partial charge < -0.3 is 15.0 Å². The van der Waals surface area contributed by atoms with Gasteiger partial charge in [-0.1, -0.05) is 18.2 Å². The SMILES string of the molecule is O=C(C1Cc2ccccc2O1)N(Cc1ccsc1)C1CC12CCNCC2. The molecule has 1 saturated heterocycles. The first-order valence-corrected chi connectivity index (χ1v) is 10.5. The van der Waals surface area contributed by atoms with Gasteiger partial charge in [-0.3, -0.25) is 4.79 Å². The molecule has 3 heterocycles. The maximum absolute atomic E-state index is 13.4. The fraction of sp³-hybridized carbons (Fsp3) is 0.476. The van der Waals surface area contributed by atoms with E-state index in [1.165, 1.54) is 18.4 Å². The molecular formula is C21H24N2O2S. The van der Waals surface area contributed by atoms with Crippen LogP contribution in [0, 0.1) is 5.41 Å². The molecule has 4 nitrogen and oxygen atoms in total. The van der Waals surface area contributed by atoms with Crippen LogP contribution in [-0.4, -0.2) is 36.0 Å². The van der Waals surface area contributed by atoms with Gasteiger partial charge >= 0.3 is 0 Å². The van der Waals surface area contributed by atoms with Crippen LogP contribution in [0.5, 0.6) is 5.75 Å². The summed E-state index contributed by atoms with van der Waals surface area (Å²) < 4.78 is 6.02. The third kappa shape index (κ3) is 2.83. The number of carbonyl (C=O) groups excluding carboxylic acids is 1. The third-order valence-electron chi connectivity index (χ3n) is 6.26. The van der Waals surface area contributed by atoms with Gasteiger partial charge in [-0.25, -0.2) is 0 Å². The molecule has 1 spiro atoms. The number of rotatable bonds is 4. The van der Waals surface area contributed by atoms with E-state index in [0.29, 0.717) is 24.4 Å². The van der Waals surface area contributed by atoms with E-state index in [2.05, 4.69) is 33.1 Å². The molecule has 2 unspecified atom stereocenters. The van der Waals surface area contributed by atoms with Crippen LogP contribution in [0.15, 0.2) is 41.1 Å². The highest BCUT2D eigenvalue weighted by atomic mass is 32.1. The lowest BCUT2D eigenvalue weighted by Crippen LogP contribution is -2.45. The number of thiophene rings is 1. The normalized spacial score (nSPS) is 25.5. The van der Waals surface area contributed by atoms with E-state index in [1.807, 2.05) is 18.2 Å². The van der Waals surface area contributed by atoms with Crippen LogP contribution in [-0.2, 0) is 17.8 Å². The Morgan fingerprint density at radius 2 is 2.12 bits per heavy atom. The first-order chi connectivity index (χ1) is 12.8. The van der Waals surface area contributed by atoms with Crippen molar-refractivity contribution >= 4 is 17.2 Å². The van der Waals surface area contributed by atoms with E-state index < -0.39 is 0 Å². The van der Waals surface area contributed by atoms with Crippen molar-refractivity contribution in [1.82, 2.24) is 10.2 Å². The number of piperidine rings is 1. The van der Waals surface area contributed by atoms with Gasteiger partial charge in [-0.2, -0.15) is 11.3 Å². The molecule has 1 aromatic carbocycles. The fourth-order valence-corrected chi connectivity index (χ4v) is 5.31. The van der Waals surface area contributed by atoms with Gasteiger partial charge in [-0.05, 0) is 71.8 Å². The standard InChI is InChI=1S/C21H24N2O2S/c24-20(18-11-16-3-1-2-4-17(16)25-18)23(13-15-5-10-26-14-15)19-12-21(19)6-8-22-9-7-21/h1-5,10,14,18-19,22H,6-9,11-13H2. The predicted octanol–water partition coefficient (Wildman–Crippen LogP) is 3.22. The average molecular weight is 369 g/mol. The Labute approximate surface area is 158 Å². The van der Waals surface area contributed by atoms with Crippen molar-refractivity contribution in [2.24, 2.45) is 5.41 Å². The predicted molar refractivity (Wildman–Crippen MR) is 102 cm³/mol. The summed E-state index contributed by atoms with van der Waals surface area (Å²) in [6.07, 6.45) is 3.82. The minimum atomic E-state index is -0.370. The lowest BCUT2D eigenvalue weighted by atomic mass is 9.93. The quantitative estimate of drug-likeness (QED) is 0.901.